The van der Waals surface area contributed by atoms with Crippen molar-refractivity contribution in [1.29, 1.82) is 0 Å². The van der Waals surface area contributed by atoms with Crippen molar-refractivity contribution in [1.82, 2.24) is 10.6 Å². The van der Waals surface area contributed by atoms with Crippen LogP contribution in [0.5, 0.6) is 0 Å². The monoisotopic (exact) mass is 232 g/mol. The van der Waals surface area contributed by atoms with Gasteiger partial charge in [0.1, 0.15) is 0 Å². The molecule has 1 atom stereocenters. The second-order valence-corrected chi connectivity index (χ2v) is 4.99. The first-order valence-electron chi connectivity index (χ1n) is 6.19. The van der Waals surface area contributed by atoms with Crippen LogP contribution >= 0.6 is 0 Å². The number of benzene rings is 1. The summed E-state index contributed by atoms with van der Waals surface area (Å²) in [4.78, 5) is 12.2. The summed E-state index contributed by atoms with van der Waals surface area (Å²) < 4.78 is 0. The standard InChI is InChI=1S/C14H20N2O/c1-9(2)16-14(17)12-8-15-7-11-6-4-5-10(3)13(11)12/h4-6,9,12,15H,7-8H2,1-3H3,(H,16,17). The van der Waals surface area contributed by atoms with E-state index in [4.69, 9.17) is 0 Å². The predicted molar refractivity (Wildman–Crippen MR) is 68.9 cm³/mol. The Labute approximate surface area is 103 Å². The molecule has 1 aromatic rings. The lowest BCUT2D eigenvalue weighted by Gasteiger charge is -2.28. The molecule has 0 spiro atoms. The van der Waals surface area contributed by atoms with E-state index in [1.54, 1.807) is 0 Å². The third kappa shape index (κ3) is 2.50. The van der Waals surface area contributed by atoms with E-state index in [2.05, 4.69) is 35.8 Å². The Morgan fingerprint density at radius 2 is 2.24 bits per heavy atom. The molecular formula is C14H20N2O. The minimum atomic E-state index is -0.0534. The molecule has 2 rings (SSSR count). The first kappa shape index (κ1) is 12.1. The fourth-order valence-electron chi connectivity index (χ4n) is 2.46. The molecule has 3 heteroatoms. The molecule has 0 saturated heterocycles. The second kappa shape index (κ2) is 4.88. The topological polar surface area (TPSA) is 41.1 Å². The Balaban J connectivity index is 2.31. The number of hydrogen-bond acceptors (Lipinski definition) is 2. The molecule has 0 fully saturated rings. The van der Waals surface area contributed by atoms with Gasteiger partial charge >= 0.3 is 0 Å². The van der Waals surface area contributed by atoms with E-state index < -0.39 is 0 Å². The normalized spacial score (nSPS) is 18.9. The van der Waals surface area contributed by atoms with Crippen molar-refractivity contribution < 1.29 is 4.79 Å². The van der Waals surface area contributed by atoms with Gasteiger partial charge in [-0.25, -0.2) is 0 Å². The van der Waals surface area contributed by atoms with E-state index in [0.717, 1.165) is 13.1 Å². The summed E-state index contributed by atoms with van der Waals surface area (Å²) >= 11 is 0. The van der Waals surface area contributed by atoms with Gasteiger partial charge in [0.25, 0.3) is 0 Å². The molecule has 1 heterocycles. The maximum absolute atomic E-state index is 12.2. The Morgan fingerprint density at radius 1 is 1.47 bits per heavy atom. The zero-order valence-corrected chi connectivity index (χ0v) is 10.7. The molecule has 1 aliphatic heterocycles. The highest BCUT2D eigenvalue weighted by molar-refractivity contribution is 5.85. The second-order valence-electron chi connectivity index (χ2n) is 4.99. The zero-order valence-electron chi connectivity index (χ0n) is 10.7. The maximum atomic E-state index is 12.2. The van der Waals surface area contributed by atoms with Gasteiger partial charge < -0.3 is 10.6 Å². The summed E-state index contributed by atoms with van der Waals surface area (Å²) in [5.41, 5.74) is 3.68. The summed E-state index contributed by atoms with van der Waals surface area (Å²) in [6, 6.07) is 6.43. The first-order chi connectivity index (χ1) is 8.09. The van der Waals surface area contributed by atoms with Gasteiger partial charge in [0.05, 0.1) is 5.92 Å². The summed E-state index contributed by atoms with van der Waals surface area (Å²) in [6.45, 7) is 7.67. The van der Waals surface area contributed by atoms with Crippen molar-refractivity contribution >= 4 is 5.91 Å². The number of hydrogen-bond donors (Lipinski definition) is 2. The van der Waals surface area contributed by atoms with Crippen molar-refractivity contribution in [2.45, 2.75) is 39.3 Å². The van der Waals surface area contributed by atoms with Gasteiger partial charge in [-0.1, -0.05) is 18.2 Å². The van der Waals surface area contributed by atoms with E-state index in [1.165, 1.54) is 16.7 Å². The van der Waals surface area contributed by atoms with Crippen LogP contribution in [-0.4, -0.2) is 18.5 Å². The van der Waals surface area contributed by atoms with Crippen LogP contribution in [0, 0.1) is 6.92 Å². The number of aryl methyl sites for hydroxylation is 1. The summed E-state index contributed by atoms with van der Waals surface area (Å²) in [7, 11) is 0. The van der Waals surface area contributed by atoms with Gasteiger partial charge in [0.15, 0.2) is 0 Å². The lowest BCUT2D eigenvalue weighted by molar-refractivity contribution is -0.123. The molecule has 2 N–H and O–H groups in total. The minimum Gasteiger partial charge on any atom is -0.353 e. The summed E-state index contributed by atoms with van der Waals surface area (Å²) in [5.74, 6) is 0.0742. The van der Waals surface area contributed by atoms with E-state index in [-0.39, 0.29) is 17.9 Å². The average molecular weight is 232 g/mol. The van der Waals surface area contributed by atoms with Gasteiger partial charge in [0, 0.05) is 19.1 Å². The highest BCUT2D eigenvalue weighted by Gasteiger charge is 2.27. The van der Waals surface area contributed by atoms with E-state index in [9.17, 15) is 4.79 Å². The molecule has 1 aliphatic rings. The smallest absolute Gasteiger partial charge is 0.229 e. The first-order valence-corrected chi connectivity index (χ1v) is 6.19. The Bertz CT molecular complexity index is 426. The van der Waals surface area contributed by atoms with Gasteiger partial charge in [-0.2, -0.15) is 0 Å². The van der Waals surface area contributed by atoms with Crippen molar-refractivity contribution in [3.8, 4) is 0 Å². The quantitative estimate of drug-likeness (QED) is 0.815. The van der Waals surface area contributed by atoms with Crippen LogP contribution in [0.3, 0.4) is 0 Å². The molecule has 0 bridgehead atoms. The van der Waals surface area contributed by atoms with Crippen molar-refractivity contribution in [3.63, 3.8) is 0 Å². The molecule has 0 aromatic heterocycles. The Kier molecular flexibility index (Phi) is 3.48. The maximum Gasteiger partial charge on any atom is 0.229 e. The zero-order chi connectivity index (χ0) is 12.4. The number of nitrogens with one attached hydrogen (secondary N) is 2. The largest absolute Gasteiger partial charge is 0.353 e. The lowest BCUT2D eigenvalue weighted by Crippen LogP contribution is -2.41. The molecule has 3 nitrogen and oxygen atoms in total. The molecule has 1 aromatic carbocycles. The third-order valence-electron chi connectivity index (χ3n) is 3.17. The number of rotatable bonds is 2. The summed E-state index contributed by atoms with van der Waals surface area (Å²) in [5, 5.41) is 6.31. The molecular weight excluding hydrogens is 212 g/mol. The van der Waals surface area contributed by atoms with Crippen LogP contribution in [0.2, 0.25) is 0 Å². The van der Waals surface area contributed by atoms with Crippen LogP contribution in [-0.2, 0) is 11.3 Å². The van der Waals surface area contributed by atoms with Crippen molar-refractivity contribution in [3.05, 3.63) is 34.9 Å². The SMILES string of the molecule is Cc1cccc2c1C(C(=O)NC(C)C)CNC2. The predicted octanol–water partition coefficient (Wildman–Crippen LogP) is 1.71. The number of fused-ring (bicyclic) bond motifs is 1. The molecule has 0 radical (unpaired) electrons. The van der Waals surface area contributed by atoms with E-state index >= 15 is 0 Å². The minimum absolute atomic E-state index is 0.0534. The fraction of sp³-hybridized carbons (Fsp3) is 0.500. The molecule has 1 unspecified atom stereocenters. The highest BCUT2D eigenvalue weighted by Crippen LogP contribution is 2.27. The lowest BCUT2D eigenvalue weighted by atomic mass is 9.86. The molecule has 0 aliphatic carbocycles. The fourth-order valence-corrected chi connectivity index (χ4v) is 2.46. The van der Waals surface area contributed by atoms with Crippen molar-refractivity contribution in [2.24, 2.45) is 0 Å². The summed E-state index contributed by atoms with van der Waals surface area (Å²) in [6.07, 6.45) is 0. The molecule has 92 valence electrons. The van der Waals surface area contributed by atoms with Crippen LogP contribution in [0.1, 0.15) is 36.5 Å². The van der Waals surface area contributed by atoms with Gasteiger partial charge in [0.2, 0.25) is 5.91 Å². The van der Waals surface area contributed by atoms with Crippen LogP contribution in [0.25, 0.3) is 0 Å². The van der Waals surface area contributed by atoms with Crippen LogP contribution < -0.4 is 10.6 Å². The molecule has 17 heavy (non-hydrogen) atoms. The number of amides is 1. The van der Waals surface area contributed by atoms with Gasteiger partial charge in [-0.3, -0.25) is 4.79 Å². The highest BCUT2D eigenvalue weighted by atomic mass is 16.1. The molecule has 0 saturated carbocycles. The Hall–Kier alpha value is -1.35. The van der Waals surface area contributed by atoms with Gasteiger partial charge in [-0.15, -0.1) is 0 Å². The van der Waals surface area contributed by atoms with E-state index in [0.29, 0.717) is 0 Å². The third-order valence-corrected chi connectivity index (χ3v) is 3.17. The van der Waals surface area contributed by atoms with Crippen LogP contribution in [0.4, 0.5) is 0 Å². The molecule has 1 amide bonds. The van der Waals surface area contributed by atoms with Gasteiger partial charge in [-0.05, 0) is 37.5 Å². The van der Waals surface area contributed by atoms with E-state index in [1.807, 2.05) is 13.8 Å². The Morgan fingerprint density at radius 3 is 2.94 bits per heavy atom. The van der Waals surface area contributed by atoms with Crippen molar-refractivity contribution in [2.75, 3.05) is 6.54 Å². The average Bonchev–Trinajstić information content (AvgIpc) is 2.28. The van der Waals surface area contributed by atoms with Crippen LogP contribution in [0.15, 0.2) is 18.2 Å². The number of carbonyl (C=O) groups excluding carboxylic acids is 1. The number of carbonyl (C=O) groups is 1.